The first-order valence-electron chi connectivity index (χ1n) is 5.82. The highest BCUT2D eigenvalue weighted by Gasteiger charge is 2.09. The van der Waals surface area contributed by atoms with Gasteiger partial charge >= 0.3 is 0 Å². The van der Waals surface area contributed by atoms with Crippen LogP contribution in [0.25, 0.3) is 5.69 Å². The molecule has 0 amide bonds. The minimum atomic E-state index is -0.224. The maximum absolute atomic E-state index is 12.0. The molecule has 1 aromatic carbocycles. The van der Waals surface area contributed by atoms with Crippen molar-refractivity contribution in [1.82, 2.24) is 9.78 Å². The molecule has 0 unspecified atom stereocenters. The van der Waals surface area contributed by atoms with E-state index in [4.69, 9.17) is 5.11 Å². The molecule has 18 heavy (non-hydrogen) atoms. The lowest BCUT2D eigenvalue weighted by Crippen LogP contribution is -2.23. The molecule has 1 heterocycles. The number of aliphatic hydroxyl groups is 1. The predicted octanol–water partition coefficient (Wildman–Crippen LogP) is 1.65. The molecular weight excluding hydrogens is 228 g/mol. The predicted molar refractivity (Wildman–Crippen MR) is 70.0 cm³/mol. The first-order chi connectivity index (χ1) is 8.54. The standard InChI is InChI=1S/C14H16N2O2/c1-9-5-4-6-13(10(9)2)16-14(18)7-12(8-17)11(3)15-16/h4-7,17H,8H2,1-3H3. The molecule has 2 aromatic rings. The van der Waals surface area contributed by atoms with Crippen LogP contribution in [0.4, 0.5) is 0 Å². The molecule has 1 N–H and O–H groups in total. The van der Waals surface area contributed by atoms with Gasteiger partial charge in [-0.1, -0.05) is 12.1 Å². The van der Waals surface area contributed by atoms with Gasteiger partial charge in [-0.3, -0.25) is 4.79 Å². The molecule has 0 aliphatic rings. The van der Waals surface area contributed by atoms with Gasteiger partial charge in [-0.25, -0.2) is 0 Å². The zero-order valence-corrected chi connectivity index (χ0v) is 10.8. The monoisotopic (exact) mass is 244 g/mol. The SMILES string of the molecule is Cc1cccc(-n2nc(C)c(CO)cc2=O)c1C. The second kappa shape index (κ2) is 4.74. The number of aryl methyl sites for hydroxylation is 2. The fourth-order valence-electron chi connectivity index (χ4n) is 1.88. The largest absolute Gasteiger partial charge is 0.392 e. The summed E-state index contributed by atoms with van der Waals surface area (Å²) in [7, 11) is 0. The smallest absolute Gasteiger partial charge is 0.271 e. The molecule has 0 spiro atoms. The van der Waals surface area contributed by atoms with Crippen LogP contribution in [0.3, 0.4) is 0 Å². The van der Waals surface area contributed by atoms with Crippen molar-refractivity contribution in [2.75, 3.05) is 0 Å². The van der Waals surface area contributed by atoms with Crippen LogP contribution in [0, 0.1) is 20.8 Å². The third-order valence-corrected chi connectivity index (χ3v) is 3.20. The van der Waals surface area contributed by atoms with Crippen LogP contribution < -0.4 is 5.56 Å². The molecular formula is C14H16N2O2. The van der Waals surface area contributed by atoms with Crippen LogP contribution in [0.15, 0.2) is 29.1 Å². The molecule has 0 radical (unpaired) electrons. The molecule has 0 aliphatic heterocycles. The quantitative estimate of drug-likeness (QED) is 0.874. The first-order valence-corrected chi connectivity index (χ1v) is 5.82. The Kier molecular flexibility index (Phi) is 3.30. The van der Waals surface area contributed by atoms with E-state index in [1.54, 1.807) is 6.92 Å². The molecule has 1 aromatic heterocycles. The van der Waals surface area contributed by atoms with Crippen molar-refractivity contribution in [2.24, 2.45) is 0 Å². The minimum Gasteiger partial charge on any atom is -0.392 e. The van der Waals surface area contributed by atoms with Crippen LogP contribution in [-0.4, -0.2) is 14.9 Å². The molecule has 0 saturated heterocycles. The number of aliphatic hydroxyl groups excluding tert-OH is 1. The lowest BCUT2D eigenvalue weighted by Gasteiger charge is -2.11. The van der Waals surface area contributed by atoms with Crippen molar-refractivity contribution in [3.63, 3.8) is 0 Å². The van der Waals surface area contributed by atoms with Crippen LogP contribution in [0.5, 0.6) is 0 Å². The molecule has 0 aliphatic carbocycles. The van der Waals surface area contributed by atoms with E-state index in [1.807, 2.05) is 32.0 Å². The number of benzene rings is 1. The molecule has 0 bridgehead atoms. The Labute approximate surface area is 106 Å². The Hall–Kier alpha value is -1.94. The van der Waals surface area contributed by atoms with Crippen molar-refractivity contribution in [1.29, 1.82) is 0 Å². The maximum Gasteiger partial charge on any atom is 0.271 e. The van der Waals surface area contributed by atoms with Gasteiger partial charge < -0.3 is 5.11 Å². The summed E-state index contributed by atoms with van der Waals surface area (Å²) in [6.07, 6.45) is 0. The van der Waals surface area contributed by atoms with Crippen molar-refractivity contribution in [2.45, 2.75) is 27.4 Å². The Morgan fingerprint density at radius 2 is 2.00 bits per heavy atom. The Balaban J connectivity index is 2.69. The van der Waals surface area contributed by atoms with E-state index in [0.29, 0.717) is 11.3 Å². The van der Waals surface area contributed by atoms with E-state index in [2.05, 4.69) is 5.10 Å². The zero-order valence-electron chi connectivity index (χ0n) is 10.8. The highest BCUT2D eigenvalue weighted by atomic mass is 16.3. The van der Waals surface area contributed by atoms with Crippen molar-refractivity contribution in [3.8, 4) is 5.69 Å². The lowest BCUT2D eigenvalue weighted by atomic mass is 10.1. The van der Waals surface area contributed by atoms with Gasteiger partial charge in [0.15, 0.2) is 0 Å². The van der Waals surface area contributed by atoms with Gasteiger partial charge in [0.05, 0.1) is 18.0 Å². The highest BCUT2D eigenvalue weighted by molar-refractivity contribution is 5.44. The molecule has 0 fully saturated rings. The molecule has 94 valence electrons. The Morgan fingerprint density at radius 1 is 1.28 bits per heavy atom. The number of rotatable bonds is 2. The van der Waals surface area contributed by atoms with Gasteiger partial charge in [0.2, 0.25) is 0 Å². The van der Waals surface area contributed by atoms with Crippen LogP contribution in [0.2, 0.25) is 0 Å². The first kappa shape index (κ1) is 12.5. The van der Waals surface area contributed by atoms with Crippen molar-refractivity contribution < 1.29 is 5.11 Å². The molecule has 4 nitrogen and oxygen atoms in total. The summed E-state index contributed by atoms with van der Waals surface area (Å²) >= 11 is 0. The van der Waals surface area contributed by atoms with Gasteiger partial charge in [0.25, 0.3) is 5.56 Å². The number of hydrogen-bond acceptors (Lipinski definition) is 3. The topological polar surface area (TPSA) is 55.1 Å². The summed E-state index contributed by atoms with van der Waals surface area (Å²) in [6, 6.07) is 7.21. The zero-order chi connectivity index (χ0) is 13.3. The fraction of sp³-hybridized carbons (Fsp3) is 0.286. The molecule has 4 heteroatoms. The summed E-state index contributed by atoms with van der Waals surface area (Å²) in [6.45, 7) is 5.58. The fourth-order valence-corrected chi connectivity index (χ4v) is 1.88. The van der Waals surface area contributed by atoms with Crippen LogP contribution >= 0.6 is 0 Å². The summed E-state index contributed by atoms with van der Waals surface area (Å²) in [5, 5.41) is 13.4. The third-order valence-electron chi connectivity index (χ3n) is 3.20. The highest BCUT2D eigenvalue weighted by Crippen LogP contribution is 2.15. The average molecular weight is 244 g/mol. The number of aromatic nitrogens is 2. The normalized spacial score (nSPS) is 10.7. The maximum atomic E-state index is 12.0. The molecule has 2 rings (SSSR count). The second-order valence-corrected chi connectivity index (χ2v) is 4.38. The van der Waals surface area contributed by atoms with Crippen LogP contribution in [0.1, 0.15) is 22.4 Å². The number of hydrogen-bond donors (Lipinski definition) is 1. The number of nitrogens with zero attached hydrogens (tertiary/aromatic N) is 2. The molecule has 0 atom stereocenters. The summed E-state index contributed by atoms with van der Waals surface area (Å²) < 4.78 is 1.39. The van der Waals surface area contributed by atoms with Gasteiger partial charge in [0, 0.05) is 11.6 Å². The summed E-state index contributed by atoms with van der Waals surface area (Å²) in [4.78, 5) is 12.0. The van der Waals surface area contributed by atoms with Gasteiger partial charge in [0.1, 0.15) is 0 Å². The van der Waals surface area contributed by atoms with Crippen molar-refractivity contribution >= 4 is 0 Å². The Morgan fingerprint density at radius 3 is 2.67 bits per heavy atom. The Bertz CT molecular complexity index is 645. The lowest BCUT2D eigenvalue weighted by molar-refractivity contribution is 0.279. The average Bonchev–Trinajstić information content (AvgIpc) is 2.35. The van der Waals surface area contributed by atoms with Crippen LogP contribution in [-0.2, 0) is 6.61 Å². The minimum absolute atomic E-state index is 0.165. The summed E-state index contributed by atoms with van der Waals surface area (Å²) in [5.41, 5.74) is 3.94. The van der Waals surface area contributed by atoms with E-state index < -0.39 is 0 Å². The van der Waals surface area contributed by atoms with E-state index in [9.17, 15) is 4.79 Å². The van der Waals surface area contributed by atoms with E-state index in [0.717, 1.165) is 16.8 Å². The second-order valence-electron chi connectivity index (χ2n) is 4.38. The van der Waals surface area contributed by atoms with Gasteiger partial charge in [-0.05, 0) is 38.0 Å². The van der Waals surface area contributed by atoms with Crippen molar-refractivity contribution in [3.05, 3.63) is 57.0 Å². The third kappa shape index (κ3) is 2.07. The van der Waals surface area contributed by atoms with E-state index >= 15 is 0 Å². The van der Waals surface area contributed by atoms with E-state index in [1.165, 1.54) is 10.7 Å². The van der Waals surface area contributed by atoms with E-state index in [-0.39, 0.29) is 12.2 Å². The van der Waals surface area contributed by atoms with Gasteiger partial charge in [-0.2, -0.15) is 9.78 Å². The van der Waals surface area contributed by atoms with Gasteiger partial charge in [-0.15, -0.1) is 0 Å². The summed E-state index contributed by atoms with van der Waals surface area (Å²) in [5.74, 6) is 0. The molecule has 0 saturated carbocycles.